The summed E-state index contributed by atoms with van der Waals surface area (Å²) in [7, 11) is 3.89. The summed E-state index contributed by atoms with van der Waals surface area (Å²) in [5.74, 6) is 0. The van der Waals surface area contributed by atoms with E-state index in [-0.39, 0.29) is 0 Å². The average molecular weight is 297 g/mol. The summed E-state index contributed by atoms with van der Waals surface area (Å²) in [6.45, 7) is 2.35. The van der Waals surface area contributed by atoms with Crippen molar-refractivity contribution in [1.29, 1.82) is 0 Å². The van der Waals surface area contributed by atoms with E-state index in [1.54, 1.807) is 7.11 Å². The largest absolute Gasteiger partial charge is 0.383 e. The Balaban J connectivity index is 1.94. The highest BCUT2D eigenvalue weighted by atomic mass is 35.5. The number of rotatable bonds is 7. The van der Waals surface area contributed by atoms with E-state index in [4.69, 9.17) is 16.3 Å². The maximum atomic E-state index is 6.40. The summed E-state index contributed by atoms with van der Waals surface area (Å²) in [5.41, 5.74) is 2.37. The number of methoxy groups -OCH3 is 1. The number of nitrogens with one attached hydrogen (secondary N) is 1. The summed E-state index contributed by atoms with van der Waals surface area (Å²) in [4.78, 5) is 2.38. The molecule has 1 saturated carbocycles. The highest BCUT2D eigenvalue weighted by Crippen LogP contribution is 2.29. The van der Waals surface area contributed by atoms with Gasteiger partial charge in [0.2, 0.25) is 0 Å². The molecule has 1 aromatic rings. The van der Waals surface area contributed by atoms with Crippen molar-refractivity contribution in [2.24, 2.45) is 0 Å². The van der Waals surface area contributed by atoms with Crippen LogP contribution in [0.15, 0.2) is 18.2 Å². The van der Waals surface area contributed by atoms with Gasteiger partial charge >= 0.3 is 0 Å². The Kier molecular flexibility index (Phi) is 6.14. The molecule has 0 radical (unpaired) electrons. The van der Waals surface area contributed by atoms with Crippen molar-refractivity contribution in [3.05, 3.63) is 28.8 Å². The number of nitrogens with zero attached hydrogens (tertiary/aromatic N) is 1. The summed E-state index contributed by atoms with van der Waals surface area (Å²) in [6.07, 6.45) is 5.30. The lowest BCUT2D eigenvalue weighted by molar-refractivity contribution is 0.199. The van der Waals surface area contributed by atoms with E-state index in [0.29, 0.717) is 6.04 Å². The molecule has 1 aliphatic carbocycles. The van der Waals surface area contributed by atoms with Crippen LogP contribution in [-0.4, -0.2) is 33.4 Å². The molecule has 0 aromatic heterocycles. The molecule has 0 aliphatic heterocycles. The van der Waals surface area contributed by atoms with Gasteiger partial charge in [0.15, 0.2) is 0 Å². The Labute approximate surface area is 127 Å². The quantitative estimate of drug-likeness (QED) is 0.780. The summed E-state index contributed by atoms with van der Waals surface area (Å²) in [6, 6.07) is 7.07. The number of halogens is 1. The van der Waals surface area contributed by atoms with Crippen LogP contribution >= 0.6 is 11.6 Å². The fourth-order valence-electron chi connectivity index (χ4n) is 2.80. The van der Waals surface area contributed by atoms with Crippen LogP contribution in [0.4, 0.5) is 5.69 Å². The smallest absolute Gasteiger partial charge is 0.0587 e. The summed E-state index contributed by atoms with van der Waals surface area (Å²) >= 11 is 6.40. The fourth-order valence-corrected chi connectivity index (χ4v) is 3.04. The Morgan fingerprint density at radius 2 is 2.10 bits per heavy atom. The minimum Gasteiger partial charge on any atom is -0.383 e. The molecule has 0 amide bonds. The zero-order valence-corrected chi connectivity index (χ0v) is 13.2. The Morgan fingerprint density at radius 1 is 1.35 bits per heavy atom. The molecule has 112 valence electrons. The first kappa shape index (κ1) is 15.6. The standard InChI is InChI=1S/C16H25ClN2O/c1-19(14-5-3-4-6-14)15-8-7-13(16(17)11-15)12-18-9-10-20-2/h7-8,11,14,18H,3-6,9-10,12H2,1-2H3. The van der Waals surface area contributed by atoms with Gasteiger partial charge in [-0.2, -0.15) is 0 Å². The summed E-state index contributed by atoms with van der Waals surface area (Å²) < 4.78 is 5.02. The number of hydrogen-bond donors (Lipinski definition) is 1. The number of anilines is 1. The van der Waals surface area contributed by atoms with Gasteiger partial charge in [0.1, 0.15) is 0 Å². The predicted molar refractivity (Wildman–Crippen MR) is 85.7 cm³/mol. The SMILES string of the molecule is COCCNCc1ccc(N(C)C2CCCC2)cc1Cl. The molecule has 1 aliphatic rings. The van der Waals surface area contributed by atoms with Gasteiger partial charge in [-0.3, -0.25) is 0 Å². The van der Waals surface area contributed by atoms with Crippen LogP contribution in [-0.2, 0) is 11.3 Å². The van der Waals surface area contributed by atoms with E-state index in [9.17, 15) is 0 Å². The normalized spacial score (nSPS) is 15.8. The lowest BCUT2D eigenvalue weighted by Gasteiger charge is -2.27. The van der Waals surface area contributed by atoms with Crippen LogP contribution in [0.25, 0.3) is 0 Å². The molecular weight excluding hydrogens is 272 g/mol. The van der Waals surface area contributed by atoms with E-state index in [0.717, 1.165) is 30.3 Å². The van der Waals surface area contributed by atoms with E-state index >= 15 is 0 Å². The molecule has 0 heterocycles. The number of ether oxygens (including phenoxy) is 1. The molecule has 2 rings (SSSR count). The lowest BCUT2D eigenvalue weighted by atomic mass is 10.1. The predicted octanol–water partition coefficient (Wildman–Crippen LogP) is 3.45. The second-order valence-electron chi connectivity index (χ2n) is 5.49. The number of hydrogen-bond acceptors (Lipinski definition) is 3. The van der Waals surface area contributed by atoms with Gasteiger partial charge in [0.25, 0.3) is 0 Å². The molecule has 1 fully saturated rings. The maximum absolute atomic E-state index is 6.40. The van der Waals surface area contributed by atoms with Crippen LogP contribution in [0.2, 0.25) is 5.02 Å². The van der Waals surface area contributed by atoms with Crippen molar-refractivity contribution in [3.63, 3.8) is 0 Å². The molecule has 20 heavy (non-hydrogen) atoms. The maximum Gasteiger partial charge on any atom is 0.0587 e. The monoisotopic (exact) mass is 296 g/mol. The van der Waals surface area contributed by atoms with Crippen LogP contribution in [0.1, 0.15) is 31.2 Å². The second kappa shape index (κ2) is 7.87. The molecule has 1 N–H and O–H groups in total. The van der Waals surface area contributed by atoms with Crippen LogP contribution in [0, 0.1) is 0 Å². The first-order valence-corrected chi connectivity index (χ1v) is 7.81. The van der Waals surface area contributed by atoms with E-state index in [1.165, 1.54) is 31.4 Å². The Hall–Kier alpha value is -0.770. The van der Waals surface area contributed by atoms with Gasteiger partial charge < -0.3 is 15.0 Å². The van der Waals surface area contributed by atoms with Crippen molar-refractivity contribution in [2.75, 3.05) is 32.2 Å². The van der Waals surface area contributed by atoms with Crippen LogP contribution < -0.4 is 10.2 Å². The van der Waals surface area contributed by atoms with E-state index in [2.05, 4.69) is 35.5 Å². The highest BCUT2D eigenvalue weighted by molar-refractivity contribution is 6.31. The molecule has 0 atom stereocenters. The number of benzene rings is 1. The molecule has 1 aromatic carbocycles. The molecular formula is C16H25ClN2O. The van der Waals surface area contributed by atoms with Gasteiger partial charge in [0, 0.05) is 44.0 Å². The van der Waals surface area contributed by atoms with Gasteiger partial charge in [-0.15, -0.1) is 0 Å². The molecule has 4 heteroatoms. The molecule has 0 unspecified atom stereocenters. The highest BCUT2D eigenvalue weighted by Gasteiger charge is 2.20. The fraction of sp³-hybridized carbons (Fsp3) is 0.625. The van der Waals surface area contributed by atoms with Gasteiger partial charge in [0.05, 0.1) is 6.61 Å². The first-order chi connectivity index (χ1) is 9.72. The minimum atomic E-state index is 0.678. The van der Waals surface area contributed by atoms with E-state index in [1.807, 2.05) is 0 Å². The summed E-state index contributed by atoms with van der Waals surface area (Å²) in [5, 5.41) is 4.17. The lowest BCUT2D eigenvalue weighted by Crippen LogP contribution is -2.28. The Bertz CT molecular complexity index is 419. The minimum absolute atomic E-state index is 0.678. The third-order valence-electron chi connectivity index (χ3n) is 4.11. The second-order valence-corrected chi connectivity index (χ2v) is 5.90. The third kappa shape index (κ3) is 4.11. The first-order valence-electron chi connectivity index (χ1n) is 7.43. The Morgan fingerprint density at radius 3 is 2.75 bits per heavy atom. The average Bonchev–Trinajstić information content (AvgIpc) is 2.98. The molecule has 0 bridgehead atoms. The van der Waals surface area contributed by atoms with Crippen LogP contribution in [0.5, 0.6) is 0 Å². The third-order valence-corrected chi connectivity index (χ3v) is 4.47. The molecule has 3 nitrogen and oxygen atoms in total. The van der Waals surface area contributed by atoms with Gasteiger partial charge in [-0.1, -0.05) is 30.5 Å². The van der Waals surface area contributed by atoms with Crippen molar-refractivity contribution in [1.82, 2.24) is 5.32 Å². The van der Waals surface area contributed by atoms with Gasteiger partial charge in [-0.05, 0) is 30.5 Å². The van der Waals surface area contributed by atoms with Crippen LogP contribution in [0.3, 0.4) is 0 Å². The van der Waals surface area contributed by atoms with E-state index < -0.39 is 0 Å². The molecule has 0 spiro atoms. The topological polar surface area (TPSA) is 24.5 Å². The van der Waals surface area contributed by atoms with Crippen molar-refractivity contribution in [2.45, 2.75) is 38.3 Å². The van der Waals surface area contributed by atoms with Crippen molar-refractivity contribution >= 4 is 17.3 Å². The van der Waals surface area contributed by atoms with Crippen molar-refractivity contribution < 1.29 is 4.74 Å². The van der Waals surface area contributed by atoms with Gasteiger partial charge in [-0.25, -0.2) is 0 Å². The molecule has 0 saturated heterocycles. The zero-order valence-electron chi connectivity index (χ0n) is 12.5. The van der Waals surface area contributed by atoms with Crippen molar-refractivity contribution in [3.8, 4) is 0 Å². The zero-order chi connectivity index (χ0) is 14.4.